The van der Waals surface area contributed by atoms with E-state index >= 15 is 0 Å². The van der Waals surface area contributed by atoms with Gasteiger partial charge in [-0.3, -0.25) is 4.79 Å². The molecular formula is C13H18O2. The predicted octanol–water partition coefficient (Wildman–Crippen LogP) is 3.07. The number of carboxylic acids is 1. The van der Waals surface area contributed by atoms with E-state index < -0.39 is 37.9 Å². The smallest absolute Gasteiger partial charge is 0.310 e. The molecule has 0 fully saturated rings. The number of rotatable bonds is 4. The van der Waals surface area contributed by atoms with Crippen molar-refractivity contribution in [2.45, 2.75) is 32.9 Å². The Kier molecular flexibility index (Phi) is 1.42. The molecule has 0 bridgehead atoms. The number of benzene rings is 1. The fourth-order valence-corrected chi connectivity index (χ4v) is 1.12. The first-order valence-electron chi connectivity index (χ1n) is 8.87. The van der Waals surface area contributed by atoms with Crippen LogP contribution in [0.4, 0.5) is 0 Å². The topological polar surface area (TPSA) is 37.3 Å². The van der Waals surface area contributed by atoms with E-state index in [9.17, 15) is 4.79 Å². The Bertz CT molecular complexity index is 599. The summed E-state index contributed by atoms with van der Waals surface area (Å²) in [7, 11) is 0. The minimum Gasteiger partial charge on any atom is -0.481 e. The molecule has 0 aliphatic rings. The standard InChI is InChI=1S/C13H18O2/c1-9(2)8-11-4-6-12(7-5-11)10(3)13(14)15/h4-7,9-10H,8H2,1-3H3,(H,14,15)/i1D3,3D3,8D2,9D. The van der Waals surface area contributed by atoms with Crippen LogP contribution in [0.5, 0.6) is 0 Å². The van der Waals surface area contributed by atoms with Gasteiger partial charge < -0.3 is 5.11 Å². The summed E-state index contributed by atoms with van der Waals surface area (Å²) in [6.45, 7) is -4.72. The quantitative estimate of drug-likeness (QED) is 0.838. The summed E-state index contributed by atoms with van der Waals surface area (Å²) >= 11 is 0. The normalized spacial score (nSPS) is 28.2. The first kappa shape index (κ1) is 4.28. The predicted molar refractivity (Wildman–Crippen MR) is 61.0 cm³/mol. The highest BCUT2D eigenvalue weighted by Gasteiger charge is 2.12. The van der Waals surface area contributed by atoms with Crippen molar-refractivity contribution in [3.8, 4) is 0 Å². The van der Waals surface area contributed by atoms with Crippen molar-refractivity contribution in [2.75, 3.05) is 0 Å². The summed E-state index contributed by atoms with van der Waals surface area (Å²) in [5, 5.41) is 9.09. The van der Waals surface area contributed by atoms with E-state index in [2.05, 4.69) is 0 Å². The molecule has 1 aromatic rings. The Hall–Kier alpha value is -1.31. The highest BCUT2D eigenvalue weighted by Crippen LogP contribution is 2.17. The van der Waals surface area contributed by atoms with Crippen LogP contribution in [0.1, 0.15) is 50.0 Å². The molecule has 0 amide bonds. The second-order valence-corrected chi connectivity index (χ2v) is 3.14. The summed E-state index contributed by atoms with van der Waals surface area (Å²) < 4.78 is 67.8. The van der Waals surface area contributed by atoms with Crippen LogP contribution >= 0.6 is 0 Å². The first-order chi connectivity index (χ1) is 10.5. The molecule has 0 aliphatic carbocycles. The third-order valence-electron chi connectivity index (χ3n) is 1.82. The maximum atomic E-state index is 11.2. The van der Waals surface area contributed by atoms with Crippen molar-refractivity contribution in [1.82, 2.24) is 0 Å². The maximum Gasteiger partial charge on any atom is 0.310 e. The Morgan fingerprint density at radius 3 is 2.67 bits per heavy atom. The lowest BCUT2D eigenvalue weighted by molar-refractivity contribution is -0.138. The molecule has 0 radical (unpaired) electrons. The van der Waals surface area contributed by atoms with Crippen LogP contribution in [-0.2, 0) is 11.2 Å². The molecule has 2 atom stereocenters. The summed E-state index contributed by atoms with van der Waals surface area (Å²) in [5.74, 6) is -5.77. The second-order valence-electron chi connectivity index (χ2n) is 3.14. The molecule has 2 heteroatoms. The molecule has 0 aromatic heterocycles. The molecule has 0 aliphatic heterocycles. The van der Waals surface area contributed by atoms with Crippen LogP contribution in [0.15, 0.2) is 24.3 Å². The average Bonchev–Trinajstić information content (AvgIpc) is 2.35. The van der Waals surface area contributed by atoms with E-state index in [0.29, 0.717) is 0 Å². The highest BCUT2D eigenvalue weighted by molar-refractivity contribution is 5.75. The van der Waals surface area contributed by atoms with Crippen molar-refractivity contribution < 1.29 is 22.2 Å². The van der Waals surface area contributed by atoms with E-state index in [1.54, 1.807) is 0 Å². The number of carboxylic acid groups (broad SMARTS) is 1. The third kappa shape index (κ3) is 3.39. The van der Waals surface area contributed by atoms with Gasteiger partial charge in [0.2, 0.25) is 0 Å². The molecule has 0 spiro atoms. The zero-order chi connectivity index (χ0) is 19.1. The molecule has 0 heterocycles. The van der Waals surface area contributed by atoms with Crippen LogP contribution in [0.3, 0.4) is 0 Å². The summed E-state index contributed by atoms with van der Waals surface area (Å²) in [6, 6.07) is 4.51. The monoisotopic (exact) mass is 215 g/mol. The van der Waals surface area contributed by atoms with Crippen LogP contribution in [0, 0.1) is 5.89 Å². The number of carbonyl (C=O) groups is 1. The van der Waals surface area contributed by atoms with Crippen LogP contribution in [-0.4, -0.2) is 11.1 Å². The van der Waals surface area contributed by atoms with Gasteiger partial charge in [-0.15, -0.1) is 0 Å². The molecular weight excluding hydrogens is 188 g/mol. The van der Waals surface area contributed by atoms with E-state index in [1.807, 2.05) is 0 Å². The SMILES string of the molecule is [2H]C([2H])([2H])C(C(=O)O)c1ccc(C([2H])([2H])C([2H])(C)C([2H])([2H])[2H])cc1. The lowest BCUT2D eigenvalue weighted by Gasteiger charge is -2.09. The van der Waals surface area contributed by atoms with Crippen molar-refractivity contribution in [2.24, 2.45) is 5.89 Å². The van der Waals surface area contributed by atoms with Crippen LogP contribution < -0.4 is 0 Å². The molecule has 1 aromatic carbocycles. The van der Waals surface area contributed by atoms with E-state index in [1.165, 1.54) is 0 Å². The zero-order valence-electron chi connectivity index (χ0n) is 17.2. The fourth-order valence-electron chi connectivity index (χ4n) is 1.12. The highest BCUT2D eigenvalue weighted by atomic mass is 16.4. The molecule has 1 N–H and O–H groups in total. The zero-order valence-corrected chi connectivity index (χ0v) is 8.24. The molecule has 2 unspecified atom stereocenters. The van der Waals surface area contributed by atoms with Gasteiger partial charge in [0.15, 0.2) is 0 Å². The molecule has 0 saturated carbocycles. The van der Waals surface area contributed by atoms with Crippen molar-refractivity contribution >= 4 is 5.97 Å². The van der Waals surface area contributed by atoms with E-state index in [-0.39, 0.29) is 11.1 Å². The second kappa shape index (κ2) is 4.96. The molecule has 82 valence electrons. The van der Waals surface area contributed by atoms with E-state index in [4.69, 9.17) is 17.4 Å². The van der Waals surface area contributed by atoms with Gasteiger partial charge in [-0.2, -0.15) is 0 Å². The van der Waals surface area contributed by atoms with Gasteiger partial charge in [0.1, 0.15) is 0 Å². The summed E-state index contributed by atoms with van der Waals surface area (Å²) in [4.78, 5) is 11.2. The minimum atomic E-state index is -2.89. The molecule has 2 nitrogen and oxygen atoms in total. The first-order valence-corrected chi connectivity index (χ1v) is 4.37. The fraction of sp³-hybridized carbons (Fsp3) is 0.462. The third-order valence-corrected chi connectivity index (χ3v) is 1.82. The Morgan fingerprint density at radius 2 is 2.20 bits per heavy atom. The minimum absolute atomic E-state index is 0.0531. The lowest BCUT2D eigenvalue weighted by Crippen LogP contribution is -2.07. The van der Waals surface area contributed by atoms with Crippen molar-refractivity contribution in [1.29, 1.82) is 0 Å². The Labute approximate surface area is 104 Å². The van der Waals surface area contributed by atoms with Gasteiger partial charge in [0.25, 0.3) is 0 Å². The average molecular weight is 215 g/mol. The Balaban J connectivity index is 3.31. The van der Waals surface area contributed by atoms with Gasteiger partial charge >= 0.3 is 5.97 Å². The van der Waals surface area contributed by atoms with Gasteiger partial charge in [-0.25, -0.2) is 0 Å². The maximum absolute atomic E-state index is 11.2. The Morgan fingerprint density at radius 1 is 1.53 bits per heavy atom. The van der Waals surface area contributed by atoms with Gasteiger partial charge in [-0.1, -0.05) is 38.0 Å². The van der Waals surface area contributed by atoms with Gasteiger partial charge in [-0.05, 0) is 30.2 Å². The van der Waals surface area contributed by atoms with Gasteiger partial charge in [0, 0.05) is 12.3 Å². The van der Waals surface area contributed by atoms with Crippen LogP contribution in [0.25, 0.3) is 0 Å². The van der Waals surface area contributed by atoms with Crippen LogP contribution in [0.2, 0.25) is 0 Å². The molecule has 15 heavy (non-hydrogen) atoms. The lowest BCUT2D eigenvalue weighted by atomic mass is 9.97. The number of hydrogen-bond donors (Lipinski definition) is 1. The van der Waals surface area contributed by atoms with E-state index in [0.717, 1.165) is 31.2 Å². The summed E-state index contributed by atoms with van der Waals surface area (Å²) in [5.41, 5.74) is -0.197. The largest absolute Gasteiger partial charge is 0.481 e. The van der Waals surface area contributed by atoms with Crippen molar-refractivity contribution in [3.05, 3.63) is 35.4 Å². The number of aliphatic carboxylic acids is 1. The van der Waals surface area contributed by atoms with Crippen molar-refractivity contribution in [3.63, 3.8) is 0 Å². The summed E-state index contributed by atoms with van der Waals surface area (Å²) in [6.07, 6.45) is -2.56. The molecule has 1 rings (SSSR count). The number of hydrogen-bond acceptors (Lipinski definition) is 1. The molecule has 0 saturated heterocycles. The van der Waals surface area contributed by atoms with Gasteiger partial charge in [0.05, 0.1) is 5.92 Å².